The third kappa shape index (κ3) is 3.50. The topological polar surface area (TPSA) is 29.0 Å². The Hall–Kier alpha value is -1.81. The molecule has 2 heterocycles. The lowest BCUT2D eigenvalue weighted by Crippen LogP contribution is -2.31. The van der Waals surface area contributed by atoms with Gasteiger partial charge in [-0.1, -0.05) is 18.2 Å². The monoisotopic (exact) mass is 299 g/mol. The number of hydrogen-bond acceptors (Lipinski definition) is 3. The zero-order chi connectivity index (χ0) is 15.5. The summed E-state index contributed by atoms with van der Waals surface area (Å²) < 4.78 is 13.8. The summed E-state index contributed by atoms with van der Waals surface area (Å²) in [5.74, 6) is 1.13. The quantitative estimate of drug-likeness (QED) is 0.870. The number of benzene rings is 1. The molecule has 1 aromatic heterocycles. The first-order valence-electron chi connectivity index (χ1n) is 7.88. The first-order chi connectivity index (χ1) is 10.6. The van der Waals surface area contributed by atoms with E-state index in [1.807, 2.05) is 25.1 Å². The second-order valence-electron chi connectivity index (χ2n) is 6.23. The number of hydrogen-bond donors (Lipinski definition) is 0. The maximum absolute atomic E-state index is 13.8. The van der Waals surface area contributed by atoms with Crippen molar-refractivity contribution in [3.05, 3.63) is 58.9 Å². The molecule has 0 N–H and O–H groups in total. The van der Waals surface area contributed by atoms with Gasteiger partial charge in [-0.15, -0.1) is 0 Å². The number of likely N-dealkylation sites (N-methyl/N-ethyl adjacent to an activating group) is 1. The highest BCUT2D eigenvalue weighted by Gasteiger charge is 2.22. The molecule has 1 aliphatic heterocycles. The molecule has 116 valence electrons. The van der Waals surface area contributed by atoms with Crippen LogP contribution in [0.25, 0.3) is 0 Å². The largest absolute Gasteiger partial charge is 0.306 e. The highest BCUT2D eigenvalue weighted by molar-refractivity contribution is 5.24. The van der Waals surface area contributed by atoms with Gasteiger partial charge in [-0.25, -0.2) is 14.4 Å². The molecule has 4 heteroatoms. The van der Waals surface area contributed by atoms with E-state index in [0.717, 1.165) is 36.7 Å². The maximum atomic E-state index is 13.8. The third-order valence-corrected chi connectivity index (χ3v) is 4.24. The fourth-order valence-electron chi connectivity index (χ4n) is 3.15. The van der Waals surface area contributed by atoms with Crippen LogP contribution in [-0.4, -0.2) is 35.0 Å². The lowest BCUT2D eigenvalue weighted by atomic mass is 9.97. The van der Waals surface area contributed by atoms with E-state index < -0.39 is 0 Å². The van der Waals surface area contributed by atoms with Crippen LogP contribution in [0.15, 0.2) is 30.3 Å². The first kappa shape index (κ1) is 15.1. The smallest absolute Gasteiger partial charge is 0.133 e. The minimum atomic E-state index is -0.169. The highest BCUT2D eigenvalue weighted by atomic mass is 19.1. The molecule has 3 rings (SSSR count). The molecule has 1 unspecified atom stereocenters. The molecular weight excluding hydrogens is 277 g/mol. The number of rotatable bonds is 3. The molecule has 0 bridgehead atoms. The predicted octanol–water partition coefficient (Wildman–Crippen LogP) is 3.32. The second-order valence-corrected chi connectivity index (χ2v) is 6.23. The Morgan fingerprint density at radius 3 is 2.86 bits per heavy atom. The van der Waals surface area contributed by atoms with Crippen LogP contribution in [0.5, 0.6) is 0 Å². The van der Waals surface area contributed by atoms with Gasteiger partial charge in [0, 0.05) is 30.3 Å². The van der Waals surface area contributed by atoms with Crippen LogP contribution in [0.4, 0.5) is 4.39 Å². The van der Waals surface area contributed by atoms with Crippen LogP contribution in [0.1, 0.15) is 41.5 Å². The van der Waals surface area contributed by atoms with Crippen molar-refractivity contribution in [2.45, 2.75) is 32.1 Å². The van der Waals surface area contributed by atoms with E-state index in [-0.39, 0.29) is 5.82 Å². The lowest BCUT2D eigenvalue weighted by Gasteiger charge is -2.28. The van der Waals surface area contributed by atoms with Gasteiger partial charge in [0.1, 0.15) is 11.6 Å². The summed E-state index contributed by atoms with van der Waals surface area (Å²) in [5, 5.41) is 0. The average Bonchev–Trinajstić information content (AvgIpc) is 2.49. The van der Waals surface area contributed by atoms with Gasteiger partial charge in [0.2, 0.25) is 0 Å². The van der Waals surface area contributed by atoms with Crippen molar-refractivity contribution >= 4 is 0 Å². The predicted molar refractivity (Wildman–Crippen MR) is 85.4 cm³/mol. The van der Waals surface area contributed by atoms with Crippen molar-refractivity contribution in [3.8, 4) is 0 Å². The van der Waals surface area contributed by atoms with Gasteiger partial charge in [0.15, 0.2) is 0 Å². The van der Waals surface area contributed by atoms with Crippen LogP contribution < -0.4 is 0 Å². The fraction of sp³-hybridized carbons (Fsp3) is 0.444. The van der Waals surface area contributed by atoms with Gasteiger partial charge in [-0.05, 0) is 51.1 Å². The molecule has 1 atom stereocenters. The summed E-state index contributed by atoms with van der Waals surface area (Å²) in [7, 11) is 2.14. The molecule has 1 saturated heterocycles. The second kappa shape index (κ2) is 6.53. The third-order valence-electron chi connectivity index (χ3n) is 4.24. The van der Waals surface area contributed by atoms with Crippen molar-refractivity contribution in [3.63, 3.8) is 0 Å². The van der Waals surface area contributed by atoms with Gasteiger partial charge < -0.3 is 4.90 Å². The summed E-state index contributed by atoms with van der Waals surface area (Å²) in [5.41, 5.74) is 2.55. The summed E-state index contributed by atoms with van der Waals surface area (Å²) >= 11 is 0. The standard InChI is InChI=1S/C18H22FN3/c1-13-10-16(11-14-6-3-4-8-17(14)19)21-18(20-13)15-7-5-9-22(2)12-15/h3-4,6,8,10,15H,5,7,9,11-12H2,1-2H3. The fourth-order valence-corrected chi connectivity index (χ4v) is 3.15. The summed E-state index contributed by atoms with van der Waals surface area (Å²) in [6.45, 7) is 4.13. The Bertz CT molecular complexity index is 657. The van der Waals surface area contributed by atoms with Gasteiger partial charge in [-0.3, -0.25) is 0 Å². The van der Waals surface area contributed by atoms with E-state index in [9.17, 15) is 4.39 Å². The molecule has 1 aromatic carbocycles. The van der Waals surface area contributed by atoms with Crippen molar-refractivity contribution in [1.29, 1.82) is 0 Å². The van der Waals surface area contributed by atoms with Gasteiger partial charge in [0.25, 0.3) is 0 Å². The van der Waals surface area contributed by atoms with Crippen molar-refractivity contribution in [2.24, 2.45) is 0 Å². The molecule has 0 amide bonds. The van der Waals surface area contributed by atoms with Crippen LogP contribution in [0.2, 0.25) is 0 Å². The van der Waals surface area contributed by atoms with Crippen LogP contribution in [0, 0.1) is 12.7 Å². The van der Waals surface area contributed by atoms with E-state index in [0.29, 0.717) is 17.9 Å². The van der Waals surface area contributed by atoms with E-state index in [1.165, 1.54) is 12.5 Å². The average molecular weight is 299 g/mol. The van der Waals surface area contributed by atoms with Crippen molar-refractivity contribution in [1.82, 2.24) is 14.9 Å². The van der Waals surface area contributed by atoms with Gasteiger partial charge in [-0.2, -0.15) is 0 Å². The number of nitrogens with zero attached hydrogens (tertiary/aromatic N) is 3. The van der Waals surface area contributed by atoms with E-state index in [2.05, 4.69) is 16.9 Å². The zero-order valence-electron chi connectivity index (χ0n) is 13.2. The Labute approximate surface area is 131 Å². The minimum Gasteiger partial charge on any atom is -0.306 e. The van der Waals surface area contributed by atoms with Crippen molar-refractivity contribution in [2.75, 3.05) is 20.1 Å². The molecule has 1 aliphatic rings. The number of aryl methyl sites for hydroxylation is 1. The molecule has 0 saturated carbocycles. The van der Waals surface area contributed by atoms with Crippen LogP contribution in [-0.2, 0) is 6.42 Å². The SMILES string of the molecule is Cc1cc(Cc2ccccc2F)nc(C2CCCN(C)C2)n1. The normalized spacial score (nSPS) is 19.3. The molecule has 0 spiro atoms. The molecule has 3 nitrogen and oxygen atoms in total. The van der Waals surface area contributed by atoms with E-state index in [1.54, 1.807) is 6.07 Å². The number of likely N-dealkylation sites (tertiary alicyclic amines) is 1. The highest BCUT2D eigenvalue weighted by Crippen LogP contribution is 2.24. The van der Waals surface area contributed by atoms with Crippen LogP contribution in [0.3, 0.4) is 0 Å². The molecule has 0 aliphatic carbocycles. The minimum absolute atomic E-state index is 0.169. The summed E-state index contributed by atoms with van der Waals surface area (Å²) in [4.78, 5) is 11.7. The molecule has 22 heavy (non-hydrogen) atoms. The Kier molecular flexibility index (Phi) is 4.48. The Balaban J connectivity index is 1.85. The van der Waals surface area contributed by atoms with Gasteiger partial charge >= 0.3 is 0 Å². The molecule has 0 radical (unpaired) electrons. The zero-order valence-corrected chi connectivity index (χ0v) is 13.2. The van der Waals surface area contributed by atoms with Crippen molar-refractivity contribution < 1.29 is 4.39 Å². The van der Waals surface area contributed by atoms with E-state index >= 15 is 0 Å². The summed E-state index contributed by atoms with van der Waals surface area (Å²) in [6, 6.07) is 8.86. The summed E-state index contributed by atoms with van der Waals surface area (Å²) in [6.07, 6.45) is 2.83. The number of halogens is 1. The molecule has 1 fully saturated rings. The van der Waals surface area contributed by atoms with Crippen LogP contribution >= 0.6 is 0 Å². The number of aromatic nitrogens is 2. The number of piperidine rings is 1. The Morgan fingerprint density at radius 2 is 2.09 bits per heavy atom. The Morgan fingerprint density at radius 1 is 1.27 bits per heavy atom. The molecule has 2 aromatic rings. The lowest BCUT2D eigenvalue weighted by molar-refractivity contribution is 0.245. The molecular formula is C18H22FN3. The van der Waals surface area contributed by atoms with Gasteiger partial charge in [0.05, 0.1) is 0 Å². The maximum Gasteiger partial charge on any atom is 0.133 e. The first-order valence-corrected chi connectivity index (χ1v) is 7.88. The van der Waals surface area contributed by atoms with E-state index in [4.69, 9.17) is 4.98 Å².